The van der Waals surface area contributed by atoms with E-state index in [1.165, 1.54) is 13.3 Å². The molecule has 0 radical (unpaired) electrons. The Kier molecular flexibility index (Phi) is 3.85. The summed E-state index contributed by atoms with van der Waals surface area (Å²) in [6.45, 7) is 2.79. The predicted molar refractivity (Wildman–Crippen MR) is 73.8 cm³/mol. The number of benzene rings is 1. The van der Waals surface area contributed by atoms with E-state index in [0.717, 1.165) is 23.1 Å². The van der Waals surface area contributed by atoms with Crippen molar-refractivity contribution in [3.63, 3.8) is 0 Å². The molecule has 19 heavy (non-hydrogen) atoms. The highest BCUT2D eigenvalue weighted by molar-refractivity contribution is 5.97. The largest absolute Gasteiger partial charge is 0.497 e. The average Bonchev–Trinajstić information content (AvgIpc) is 2.45. The van der Waals surface area contributed by atoms with Crippen LogP contribution in [0.1, 0.15) is 17.3 Å². The van der Waals surface area contributed by atoms with E-state index in [9.17, 15) is 4.79 Å². The van der Waals surface area contributed by atoms with Crippen molar-refractivity contribution in [2.45, 2.75) is 6.92 Å². The van der Waals surface area contributed by atoms with Crippen LogP contribution >= 0.6 is 0 Å². The highest BCUT2D eigenvalue weighted by Gasteiger charge is 2.10. The van der Waals surface area contributed by atoms with E-state index in [1.807, 2.05) is 19.1 Å². The number of fused-ring (bicyclic) bond motifs is 1. The van der Waals surface area contributed by atoms with Crippen molar-refractivity contribution >= 4 is 22.6 Å². The number of hydrogen-bond donors (Lipinski definition) is 1. The van der Waals surface area contributed by atoms with Gasteiger partial charge in [-0.05, 0) is 19.1 Å². The van der Waals surface area contributed by atoms with Gasteiger partial charge in [-0.2, -0.15) is 0 Å². The van der Waals surface area contributed by atoms with E-state index in [-0.39, 0.29) is 0 Å². The van der Waals surface area contributed by atoms with Gasteiger partial charge in [0, 0.05) is 24.2 Å². The first kappa shape index (κ1) is 13.1. The number of nitrogens with one attached hydrogen (secondary N) is 1. The zero-order valence-corrected chi connectivity index (χ0v) is 11.2. The van der Waals surface area contributed by atoms with Gasteiger partial charge >= 0.3 is 5.97 Å². The number of esters is 1. The summed E-state index contributed by atoms with van der Waals surface area (Å²) in [4.78, 5) is 15.8. The third kappa shape index (κ3) is 2.59. The second kappa shape index (κ2) is 5.56. The molecule has 0 saturated carbocycles. The number of ether oxygens (including phenoxy) is 2. The molecule has 5 nitrogen and oxygen atoms in total. The molecule has 0 spiro atoms. The summed E-state index contributed by atoms with van der Waals surface area (Å²) in [5.41, 5.74) is 2.11. The molecule has 1 N–H and O–H groups in total. The smallest absolute Gasteiger partial charge is 0.339 e. The highest BCUT2D eigenvalue weighted by atomic mass is 16.5. The fourth-order valence-corrected chi connectivity index (χ4v) is 1.89. The molecule has 2 rings (SSSR count). The number of methoxy groups -OCH3 is 2. The van der Waals surface area contributed by atoms with Gasteiger partial charge in [0.2, 0.25) is 0 Å². The quantitative estimate of drug-likeness (QED) is 0.856. The van der Waals surface area contributed by atoms with Gasteiger partial charge in [0.25, 0.3) is 0 Å². The summed E-state index contributed by atoms with van der Waals surface area (Å²) >= 11 is 0. The van der Waals surface area contributed by atoms with Crippen molar-refractivity contribution in [1.29, 1.82) is 0 Å². The van der Waals surface area contributed by atoms with E-state index in [1.54, 1.807) is 13.2 Å². The maximum Gasteiger partial charge on any atom is 0.339 e. The molecule has 100 valence electrons. The second-order valence-corrected chi connectivity index (χ2v) is 3.99. The van der Waals surface area contributed by atoms with Crippen LogP contribution in [0, 0.1) is 0 Å². The summed E-state index contributed by atoms with van der Waals surface area (Å²) in [6.07, 6.45) is 1.52. The topological polar surface area (TPSA) is 60.5 Å². The van der Waals surface area contributed by atoms with Crippen molar-refractivity contribution in [1.82, 2.24) is 4.98 Å². The molecule has 0 unspecified atom stereocenters. The Morgan fingerprint density at radius 2 is 2.11 bits per heavy atom. The fourth-order valence-electron chi connectivity index (χ4n) is 1.89. The van der Waals surface area contributed by atoms with Crippen LogP contribution in [0.15, 0.2) is 24.4 Å². The fraction of sp³-hybridized carbons (Fsp3) is 0.286. The van der Waals surface area contributed by atoms with E-state index in [4.69, 9.17) is 9.47 Å². The Labute approximate surface area is 111 Å². The summed E-state index contributed by atoms with van der Waals surface area (Å²) in [5.74, 6) is 0.314. The van der Waals surface area contributed by atoms with Crippen molar-refractivity contribution < 1.29 is 14.3 Å². The third-order valence-electron chi connectivity index (χ3n) is 2.78. The molecule has 2 aromatic rings. The molecule has 0 amide bonds. The van der Waals surface area contributed by atoms with Crippen molar-refractivity contribution in [2.75, 3.05) is 26.1 Å². The standard InChI is InChI=1S/C14H16N2O3/c1-4-15-12-7-11(18-2)6-9-5-10(14(17)19-3)8-16-13(9)12/h5-8,15H,4H2,1-3H3. The number of rotatable bonds is 4. The second-order valence-electron chi connectivity index (χ2n) is 3.99. The minimum Gasteiger partial charge on any atom is -0.497 e. The lowest BCUT2D eigenvalue weighted by molar-refractivity contribution is 0.0600. The number of pyridine rings is 1. The molecular weight excluding hydrogens is 244 g/mol. The lowest BCUT2D eigenvalue weighted by Gasteiger charge is -2.10. The number of nitrogens with zero attached hydrogens (tertiary/aromatic N) is 1. The lowest BCUT2D eigenvalue weighted by Crippen LogP contribution is -2.03. The zero-order chi connectivity index (χ0) is 13.8. The normalized spacial score (nSPS) is 10.3. The molecule has 5 heteroatoms. The van der Waals surface area contributed by atoms with Crippen molar-refractivity contribution in [2.24, 2.45) is 0 Å². The maximum absolute atomic E-state index is 11.5. The van der Waals surface area contributed by atoms with Crippen LogP contribution < -0.4 is 10.1 Å². The van der Waals surface area contributed by atoms with Gasteiger partial charge in [-0.1, -0.05) is 0 Å². The van der Waals surface area contributed by atoms with E-state index in [0.29, 0.717) is 11.3 Å². The van der Waals surface area contributed by atoms with E-state index >= 15 is 0 Å². The molecule has 0 atom stereocenters. The minimum absolute atomic E-state index is 0.401. The molecule has 0 bridgehead atoms. The first-order valence-corrected chi connectivity index (χ1v) is 5.99. The molecular formula is C14H16N2O3. The molecule has 0 saturated heterocycles. The minimum atomic E-state index is -0.401. The van der Waals surface area contributed by atoms with Gasteiger partial charge in [-0.3, -0.25) is 4.98 Å². The number of hydrogen-bond acceptors (Lipinski definition) is 5. The van der Waals surface area contributed by atoms with Gasteiger partial charge in [0.1, 0.15) is 5.75 Å². The van der Waals surface area contributed by atoms with Crippen molar-refractivity contribution in [3.8, 4) is 5.75 Å². The summed E-state index contributed by atoms with van der Waals surface area (Å²) < 4.78 is 9.95. The Bertz CT molecular complexity index is 611. The molecule has 0 aliphatic rings. The average molecular weight is 260 g/mol. The van der Waals surface area contributed by atoms with Crippen LogP contribution in [-0.4, -0.2) is 31.7 Å². The molecule has 1 heterocycles. The monoisotopic (exact) mass is 260 g/mol. The van der Waals surface area contributed by atoms with Gasteiger partial charge in [0.15, 0.2) is 0 Å². The SMILES string of the molecule is CCNc1cc(OC)cc2cc(C(=O)OC)cnc12. The Morgan fingerprint density at radius 1 is 1.32 bits per heavy atom. The summed E-state index contributed by atoms with van der Waals surface area (Å²) in [6, 6.07) is 5.48. The maximum atomic E-state index is 11.5. The van der Waals surface area contributed by atoms with Crippen molar-refractivity contribution in [3.05, 3.63) is 30.0 Å². The number of carbonyl (C=O) groups excluding carboxylic acids is 1. The van der Waals surface area contributed by atoms with E-state index < -0.39 is 5.97 Å². The van der Waals surface area contributed by atoms with Gasteiger partial charge < -0.3 is 14.8 Å². The highest BCUT2D eigenvalue weighted by Crippen LogP contribution is 2.28. The van der Waals surface area contributed by atoms with Crippen LogP contribution in [0.25, 0.3) is 10.9 Å². The molecule has 1 aromatic heterocycles. The van der Waals surface area contributed by atoms with Crippen LogP contribution in [0.4, 0.5) is 5.69 Å². The van der Waals surface area contributed by atoms with Crippen LogP contribution in [0.2, 0.25) is 0 Å². The Hall–Kier alpha value is -2.30. The summed E-state index contributed by atoms with van der Waals surface area (Å²) in [7, 11) is 2.96. The van der Waals surface area contributed by atoms with Crippen LogP contribution in [-0.2, 0) is 4.74 Å². The van der Waals surface area contributed by atoms with Crippen LogP contribution in [0.3, 0.4) is 0 Å². The Balaban J connectivity index is 2.60. The molecule has 0 aliphatic heterocycles. The first-order valence-electron chi connectivity index (χ1n) is 5.99. The number of anilines is 1. The number of carbonyl (C=O) groups is 1. The molecule has 0 fully saturated rings. The van der Waals surface area contributed by atoms with E-state index in [2.05, 4.69) is 10.3 Å². The summed E-state index contributed by atoms with van der Waals surface area (Å²) in [5, 5.41) is 4.06. The first-order chi connectivity index (χ1) is 9.19. The van der Waals surface area contributed by atoms with Gasteiger partial charge in [0.05, 0.1) is 31.0 Å². The van der Waals surface area contributed by atoms with Gasteiger partial charge in [-0.25, -0.2) is 4.79 Å². The zero-order valence-electron chi connectivity index (χ0n) is 11.2. The van der Waals surface area contributed by atoms with Crippen LogP contribution in [0.5, 0.6) is 5.75 Å². The molecule has 1 aromatic carbocycles. The molecule has 0 aliphatic carbocycles. The third-order valence-corrected chi connectivity index (χ3v) is 2.78. The number of aromatic nitrogens is 1. The lowest BCUT2D eigenvalue weighted by atomic mass is 10.1. The Morgan fingerprint density at radius 3 is 2.74 bits per heavy atom. The predicted octanol–water partition coefficient (Wildman–Crippen LogP) is 2.46. The van der Waals surface area contributed by atoms with Gasteiger partial charge in [-0.15, -0.1) is 0 Å².